The molecule has 13 heteroatoms. The molecule has 278 valence electrons. The standard InChI is InChI=1S/C38H49ClN2O9S/c39-31-12-11-27(51-19-5-8-35(46)41(17-3-4-18-42)22-32(44)36(47)37(48)33(45)23-43)20-25(31)24-49-38(14-15-38)30-21-40-16-13-28(30)29-6-1-2-7-34(29)50-26-9-10-26/h1-2,6-7,11-13,16,20-21,26,32-33,36-37,42-45,47-48H,3-5,8-10,14-15,17-19,22-24H2/t32-,33+,36+,37+/m0/s1. The van der Waals surface area contributed by atoms with Crippen molar-refractivity contribution < 1.29 is 44.9 Å². The van der Waals surface area contributed by atoms with Crippen LogP contribution < -0.4 is 4.74 Å². The van der Waals surface area contributed by atoms with E-state index in [1.807, 2.05) is 48.7 Å². The van der Waals surface area contributed by atoms with Gasteiger partial charge in [-0.2, -0.15) is 0 Å². The van der Waals surface area contributed by atoms with Crippen molar-refractivity contribution in [1.29, 1.82) is 0 Å². The van der Waals surface area contributed by atoms with Gasteiger partial charge < -0.3 is 45.0 Å². The summed E-state index contributed by atoms with van der Waals surface area (Å²) in [6.45, 7) is -0.533. The van der Waals surface area contributed by atoms with Crippen molar-refractivity contribution in [2.75, 3.05) is 32.1 Å². The van der Waals surface area contributed by atoms with Crippen LogP contribution in [0.5, 0.6) is 5.75 Å². The molecule has 0 aliphatic heterocycles. The van der Waals surface area contributed by atoms with Gasteiger partial charge in [-0.3, -0.25) is 9.78 Å². The van der Waals surface area contributed by atoms with Crippen LogP contribution in [0.15, 0.2) is 65.8 Å². The fourth-order valence-corrected chi connectivity index (χ4v) is 7.01. The maximum atomic E-state index is 13.1. The van der Waals surface area contributed by atoms with Crippen molar-refractivity contribution in [3.63, 3.8) is 0 Å². The number of ether oxygens (including phenoxy) is 2. The van der Waals surface area contributed by atoms with E-state index in [4.69, 9.17) is 26.2 Å². The lowest BCUT2D eigenvalue weighted by atomic mass is 9.96. The summed E-state index contributed by atoms with van der Waals surface area (Å²) < 4.78 is 12.9. The van der Waals surface area contributed by atoms with Gasteiger partial charge in [0.1, 0.15) is 30.2 Å². The Bertz CT molecular complexity index is 1570. The number of aliphatic hydroxyl groups is 6. The molecule has 0 bridgehead atoms. The number of thioether (sulfide) groups is 1. The van der Waals surface area contributed by atoms with Crippen molar-refractivity contribution in [1.82, 2.24) is 9.88 Å². The third-order valence-electron chi connectivity index (χ3n) is 9.26. The summed E-state index contributed by atoms with van der Waals surface area (Å²) in [5.41, 5.74) is 3.52. The van der Waals surface area contributed by atoms with E-state index >= 15 is 0 Å². The van der Waals surface area contributed by atoms with E-state index in [2.05, 4.69) is 11.1 Å². The summed E-state index contributed by atoms with van der Waals surface area (Å²) >= 11 is 8.22. The lowest BCUT2D eigenvalue weighted by Crippen LogP contribution is -2.50. The molecule has 0 saturated heterocycles. The predicted octanol–water partition coefficient (Wildman–Crippen LogP) is 4.06. The van der Waals surface area contributed by atoms with Gasteiger partial charge in [0.2, 0.25) is 5.91 Å². The van der Waals surface area contributed by atoms with Crippen molar-refractivity contribution in [3.05, 3.63) is 77.1 Å². The molecule has 51 heavy (non-hydrogen) atoms. The maximum absolute atomic E-state index is 13.1. The number of carbonyl (C=O) groups excluding carboxylic acids is 1. The van der Waals surface area contributed by atoms with Crippen molar-refractivity contribution >= 4 is 29.3 Å². The summed E-state index contributed by atoms with van der Waals surface area (Å²) in [5, 5.41) is 59.1. The van der Waals surface area contributed by atoms with E-state index in [1.165, 1.54) is 4.90 Å². The quantitative estimate of drug-likeness (QED) is 0.0648. The average Bonchev–Trinajstić information content (AvgIpc) is 4.10. The van der Waals surface area contributed by atoms with E-state index < -0.39 is 36.6 Å². The Kier molecular flexibility index (Phi) is 14.5. The Morgan fingerprint density at radius 3 is 2.47 bits per heavy atom. The first-order chi connectivity index (χ1) is 24.7. The number of nitrogens with zero attached hydrogens (tertiary/aromatic N) is 2. The van der Waals surface area contributed by atoms with Gasteiger partial charge in [-0.05, 0) is 92.2 Å². The van der Waals surface area contributed by atoms with Crippen molar-refractivity contribution in [3.8, 4) is 16.9 Å². The number of aliphatic hydroxyl groups excluding tert-OH is 6. The molecule has 0 spiro atoms. The van der Waals surface area contributed by atoms with E-state index in [9.17, 15) is 30.3 Å². The molecule has 5 rings (SSSR count). The smallest absolute Gasteiger partial charge is 0.222 e. The first kappa shape index (κ1) is 39.4. The molecule has 4 atom stereocenters. The molecule has 11 nitrogen and oxygen atoms in total. The maximum Gasteiger partial charge on any atom is 0.222 e. The summed E-state index contributed by atoms with van der Waals surface area (Å²) in [6.07, 6.45) is 2.84. The minimum absolute atomic E-state index is 0.0465. The summed E-state index contributed by atoms with van der Waals surface area (Å²) in [4.78, 5) is 19.9. The lowest BCUT2D eigenvalue weighted by Gasteiger charge is -2.30. The Morgan fingerprint density at radius 1 is 0.980 bits per heavy atom. The first-order valence-electron chi connectivity index (χ1n) is 17.6. The number of pyridine rings is 1. The van der Waals surface area contributed by atoms with Gasteiger partial charge in [0.05, 0.1) is 24.9 Å². The second-order valence-electron chi connectivity index (χ2n) is 13.3. The van der Waals surface area contributed by atoms with Crippen LogP contribution >= 0.6 is 23.4 Å². The predicted molar refractivity (Wildman–Crippen MR) is 194 cm³/mol. The topological polar surface area (TPSA) is 173 Å². The molecular formula is C38H49ClN2O9S. The van der Waals surface area contributed by atoms with Crippen LogP contribution in [0.2, 0.25) is 5.02 Å². The monoisotopic (exact) mass is 744 g/mol. The minimum Gasteiger partial charge on any atom is -0.490 e. The zero-order chi connectivity index (χ0) is 36.4. The van der Waals surface area contributed by atoms with Crippen LogP contribution in [0.1, 0.15) is 62.5 Å². The van der Waals surface area contributed by atoms with Crippen LogP contribution in [0.4, 0.5) is 0 Å². The van der Waals surface area contributed by atoms with E-state index in [-0.39, 0.29) is 38.1 Å². The number of rotatable bonds is 22. The van der Waals surface area contributed by atoms with Crippen LogP contribution in [-0.4, -0.2) is 109 Å². The van der Waals surface area contributed by atoms with Gasteiger partial charge in [0.15, 0.2) is 0 Å². The normalized spacial score (nSPS) is 17.4. The number of unbranched alkanes of at least 4 members (excludes halogenated alkanes) is 1. The zero-order valence-electron chi connectivity index (χ0n) is 28.6. The molecule has 2 aliphatic rings. The number of aromatic nitrogens is 1. The van der Waals surface area contributed by atoms with Crippen LogP contribution in [-0.2, 0) is 21.7 Å². The summed E-state index contributed by atoms with van der Waals surface area (Å²) in [5.74, 6) is 1.27. The van der Waals surface area contributed by atoms with Crippen LogP contribution in [0, 0.1) is 0 Å². The molecule has 1 amide bonds. The molecule has 2 fully saturated rings. The number of halogens is 1. The first-order valence-corrected chi connectivity index (χ1v) is 19.0. The number of carbonyl (C=O) groups is 1. The number of para-hydroxylation sites is 1. The number of amides is 1. The van der Waals surface area contributed by atoms with Gasteiger partial charge in [-0.25, -0.2) is 0 Å². The van der Waals surface area contributed by atoms with Crippen molar-refractivity contribution in [2.24, 2.45) is 0 Å². The second kappa shape index (κ2) is 18.8. The highest BCUT2D eigenvalue weighted by Gasteiger charge is 2.48. The molecular weight excluding hydrogens is 696 g/mol. The van der Waals surface area contributed by atoms with Crippen LogP contribution in [0.3, 0.4) is 0 Å². The van der Waals surface area contributed by atoms with Gasteiger partial charge in [0, 0.05) is 59.6 Å². The Balaban J connectivity index is 1.16. The number of hydrogen-bond donors (Lipinski definition) is 6. The molecule has 2 aromatic carbocycles. The Labute approximate surface area is 308 Å². The van der Waals surface area contributed by atoms with Gasteiger partial charge in [0.25, 0.3) is 0 Å². The molecule has 0 unspecified atom stereocenters. The van der Waals surface area contributed by atoms with Crippen molar-refractivity contribution in [2.45, 2.75) is 99.0 Å². The molecule has 6 N–H and O–H groups in total. The number of benzene rings is 2. The van der Waals surface area contributed by atoms with Gasteiger partial charge in [-0.1, -0.05) is 29.8 Å². The highest BCUT2D eigenvalue weighted by Crippen LogP contribution is 2.53. The van der Waals surface area contributed by atoms with Gasteiger partial charge >= 0.3 is 0 Å². The molecule has 2 aliphatic carbocycles. The molecule has 0 radical (unpaired) electrons. The van der Waals surface area contributed by atoms with Gasteiger partial charge in [-0.15, -0.1) is 11.8 Å². The summed E-state index contributed by atoms with van der Waals surface area (Å²) in [6, 6.07) is 15.9. The SMILES string of the molecule is O=C(CCCSc1ccc(Cl)c(COC2(c3cnccc3-c3ccccc3OC3CC3)CC2)c1)N(CCCCO)C[C@H](O)[C@@H](O)[C@H](O)[C@H](O)CO. The Hall–Kier alpha value is -2.78. The summed E-state index contributed by atoms with van der Waals surface area (Å²) in [7, 11) is 0. The van der Waals surface area contributed by atoms with E-state index in [0.29, 0.717) is 36.6 Å². The van der Waals surface area contributed by atoms with E-state index in [1.54, 1.807) is 18.0 Å². The minimum atomic E-state index is -1.78. The zero-order valence-corrected chi connectivity index (χ0v) is 30.2. The average molecular weight is 745 g/mol. The van der Waals surface area contributed by atoms with E-state index in [0.717, 1.165) is 58.6 Å². The third kappa shape index (κ3) is 10.9. The Morgan fingerprint density at radius 2 is 1.75 bits per heavy atom. The van der Waals surface area contributed by atoms with Crippen LogP contribution in [0.25, 0.3) is 11.1 Å². The second-order valence-corrected chi connectivity index (χ2v) is 14.9. The third-order valence-corrected chi connectivity index (χ3v) is 10.7. The molecule has 1 heterocycles. The number of hydrogen-bond acceptors (Lipinski definition) is 11. The molecule has 1 aromatic heterocycles. The largest absolute Gasteiger partial charge is 0.490 e. The lowest BCUT2D eigenvalue weighted by molar-refractivity contribution is -0.139. The highest BCUT2D eigenvalue weighted by molar-refractivity contribution is 7.99. The highest BCUT2D eigenvalue weighted by atomic mass is 35.5. The fraction of sp³-hybridized carbons (Fsp3) is 0.526. The molecule has 3 aromatic rings. The molecule has 2 saturated carbocycles. The fourth-order valence-electron chi connectivity index (χ4n) is 5.92.